The second-order valence-electron chi connectivity index (χ2n) is 8.45. The molecule has 0 saturated heterocycles. The van der Waals surface area contributed by atoms with E-state index in [-0.39, 0.29) is 0 Å². The van der Waals surface area contributed by atoms with E-state index in [2.05, 4.69) is 68.4 Å². The Morgan fingerprint density at radius 1 is 1.31 bits per heavy atom. The first-order chi connectivity index (χ1) is 12.8. The SMILES string of the molecule is C=CCC1C=CC(C2CC2)C(C2=C=c3cbccc3=CCC2)C1CCC. The van der Waals surface area contributed by atoms with Crippen molar-refractivity contribution in [3.63, 3.8) is 0 Å². The molecule has 0 N–H and O–H groups in total. The molecule has 1 fully saturated rings. The maximum absolute atomic E-state index is 4.04. The monoisotopic (exact) mass is 342 g/mol. The topological polar surface area (TPSA) is 0 Å². The summed E-state index contributed by atoms with van der Waals surface area (Å²) in [5, 5.41) is 2.67. The van der Waals surface area contributed by atoms with Gasteiger partial charge in [0.2, 0.25) is 0 Å². The van der Waals surface area contributed by atoms with E-state index in [1.807, 2.05) is 0 Å². The summed E-state index contributed by atoms with van der Waals surface area (Å²) in [7, 11) is 0. The standard InChI is InChI=1S/C25H31B/c1-3-6-19-12-13-24(20-10-11-20)25(23(19)7-4-2)21-9-5-8-18-14-15-26-17-22(18)16-21/h3,8,12-15,17,19-20,23-25H,1,4-7,9-11H2,2H3. The molecule has 4 atom stereocenters. The van der Waals surface area contributed by atoms with Gasteiger partial charge in [0.1, 0.15) is 0 Å². The summed E-state index contributed by atoms with van der Waals surface area (Å²) in [5.41, 5.74) is 5.52. The molecule has 134 valence electrons. The van der Waals surface area contributed by atoms with Gasteiger partial charge in [-0.3, -0.25) is 0 Å². The summed E-state index contributed by atoms with van der Waals surface area (Å²) in [6, 6.07) is 2.24. The maximum atomic E-state index is 4.04. The molecule has 4 rings (SSSR count). The minimum atomic E-state index is 0.657. The van der Waals surface area contributed by atoms with Gasteiger partial charge in [-0.05, 0) is 0 Å². The molecule has 0 bridgehead atoms. The second-order valence-corrected chi connectivity index (χ2v) is 8.45. The van der Waals surface area contributed by atoms with Crippen LogP contribution in [-0.4, -0.2) is 6.91 Å². The first-order valence-corrected chi connectivity index (χ1v) is 10.7. The molecule has 3 aliphatic rings. The van der Waals surface area contributed by atoms with E-state index in [4.69, 9.17) is 0 Å². The van der Waals surface area contributed by atoms with Crippen molar-refractivity contribution >= 4 is 18.7 Å². The van der Waals surface area contributed by atoms with Crippen molar-refractivity contribution in [1.29, 1.82) is 0 Å². The van der Waals surface area contributed by atoms with Gasteiger partial charge in [0.05, 0.1) is 0 Å². The first kappa shape index (κ1) is 17.8. The third-order valence-electron chi connectivity index (χ3n) is 6.67. The summed E-state index contributed by atoms with van der Waals surface area (Å²) in [4.78, 5) is 0. The average molecular weight is 342 g/mol. The van der Waals surface area contributed by atoms with Gasteiger partial charge in [-0.2, -0.15) is 0 Å². The van der Waals surface area contributed by atoms with Crippen molar-refractivity contribution in [3.8, 4) is 0 Å². The molecule has 26 heavy (non-hydrogen) atoms. The molecule has 4 unspecified atom stereocenters. The van der Waals surface area contributed by atoms with E-state index in [0.29, 0.717) is 11.8 Å². The second kappa shape index (κ2) is 7.97. The number of fused-ring (bicyclic) bond motifs is 1. The van der Waals surface area contributed by atoms with Crippen molar-refractivity contribution in [3.05, 3.63) is 58.8 Å². The summed E-state index contributed by atoms with van der Waals surface area (Å²) < 4.78 is 0. The predicted molar refractivity (Wildman–Crippen MR) is 113 cm³/mol. The molecule has 0 spiro atoms. The van der Waals surface area contributed by atoms with E-state index in [1.165, 1.54) is 42.5 Å². The van der Waals surface area contributed by atoms with E-state index in [0.717, 1.165) is 30.6 Å². The van der Waals surface area contributed by atoms with Gasteiger partial charge in [0.25, 0.3) is 0 Å². The van der Waals surface area contributed by atoms with Crippen LogP contribution in [0.25, 0.3) is 11.8 Å². The Labute approximate surface area is 159 Å². The molecule has 0 aliphatic heterocycles. The van der Waals surface area contributed by atoms with Gasteiger partial charge < -0.3 is 0 Å². The molecule has 1 heterocycles. The van der Waals surface area contributed by atoms with E-state index >= 15 is 0 Å². The predicted octanol–water partition coefficient (Wildman–Crippen LogP) is 4.73. The number of allylic oxidation sites excluding steroid dienone is 4. The zero-order valence-electron chi connectivity index (χ0n) is 16.2. The van der Waals surface area contributed by atoms with Crippen LogP contribution >= 0.6 is 0 Å². The molecule has 0 amide bonds. The number of rotatable bonds is 6. The van der Waals surface area contributed by atoms with E-state index in [1.54, 1.807) is 5.57 Å². The van der Waals surface area contributed by atoms with E-state index < -0.39 is 0 Å². The molecule has 1 saturated carbocycles. The summed E-state index contributed by atoms with van der Waals surface area (Å²) in [5.74, 6) is 8.14. The molecule has 1 aromatic rings. The van der Waals surface area contributed by atoms with Crippen LogP contribution in [0.15, 0.2) is 48.4 Å². The molecule has 3 aliphatic carbocycles. The molecule has 1 heteroatoms. The Balaban J connectivity index is 1.83. The van der Waals surface area contributed by atoms with Crippen molar-refractivity contribution in [1.82, 2.24) is 0 Å². The summed E-state index contributed by atoms with van der Waals surface area (Å²) in [6.07, 6.45) is 18.6. The van der Waals surface area contributed by atoms with Gasteiger partial charge >= 0.3 is 159 Å². The van der Waals surface area contributed by atoms with Crippen molar-refractivity contribution in [2.75, 3.05) is 0 Å². The molecule has 0 radical (unpaired) electrons. The first-order valence-electron chi connectivity index (χ1n) is 10.7. The number of hydrogen-bond donors (Lipinski definition) is 0. The van der Waals surface area contributed by atoms with Crippen LogP contribution in [0, 0.1) is 29.6 Å². The Bertz CT molecular complexity index is 835. The van der Waals surface area contributed by atoms with Crippen LogP contribution in [-0.2, 0) is 0 Å². The van der Waals surface area contributed by atoms with Crippen molar-refractivity contribution in [2.24, 2.45) is 29.6 Å². The fraction of sp³-hybridized carbons (Fsp3) is 0.520. The van der Waals surface area contributed by atoms with Crippen LogP contribution in [0.3, 0.4) is 0 Å². The summed E-state index contributed by atoms with van der Waals surface area (Å²) in [6.45, 7) is 8.54. The molecular weight excluding hydrogens is 311 g/mol. The molecule has 0 aromatic carbocycles. The van der Waals surface area contributed by atoms with Crippen LogP contribution in [0.5, 0.6) is 0 Å². The van der Waals surface area contributed by atoms with Crippen LogP contribution in [0.1, 0.15) is 51.9 Å². The van der Waals surface area contributed by atoms with Crippen LogP contribution in [0.4, 0.5) is 0 Å². The molecule has 0 nitrogen and oxygen atoms in total. The van der Waals surface area contributed by atoms with Gasteiger partial charge in [0.15, 0.2) is 0 Å². The fourth-order valence-corrected chi connectivity index (χ4v) is 5.34. The molecule has 1 aromatic heterocycles. The van der Waals surface area contributed by atoms with Crippen molar-refractivity contribution < 1.29 is 0 Å². The zero-order chi connectivity index (χ0) is 17.9. The Morgan fingerprint density at radius 3 is 2.96 bits per heavy atom. The van der Waals surface area contributed by atoms with Gasteiger partial charge in [0, 0.05) is 0 Å². The van der Waals surface area contributed by atoms with E-state index in [9.17, 15) is 0 Å². The molecular formula is C25H31B. The van der Waals surface area contributed by atoms with Gasteiger partial charge in [-0.1, -0.05) is 0 Å². The van der Waals surface area contributed by atoms with Crippen LogP contribution < -0.4 is 10.4 Å². The van der Waals surface area contributed by atoms with Gasteiger partial charge in [-0.15, -0.1) is 0 Å². The quantitative estimate of drug-likeness (QED) is 0.656. The Morgan fingerprint density at radius 2 is 2.19 bits per heavy atom. The van der Waals surface area contributed by atoms with Gasteiger partial charge in [-0.25, -0.2) is 0 Å². The third-order valence-corrected chi connectivity index (χ3v) is 6.67. The normalized spacial score (nSPS) is 30.3. The number of hydrogen-bond acceptors (Lipinski definition) is 0. The fourth-order valence-electron chi connectivity index (χ4n) is 5.34. The zero-order valence-corrected chi connectivity index (χ0v) is 16.2. The average Bonchev–Trinajstić information content (AvgIpc) is 3.49. The Kier molecular flexibility index (Phi) is 5.46. The minimum absolute atomic E-state index is 0.657. The van der Waals surface area contributed by atoms with Crippen LogP contribution in [0.2, 0.25) is 0 Å². The Hall–Kier alpha value is -1.59. The third kappa shape index (κ3) is 3.60. The van der Waals surface area contributed by atoms with Crippen molar-refractivity contribution in [2.45, 2.75) is 51.9 Å². The summed E-state index contributed by atoms with van der Waals surface area (Å²) >= 11 is 0.